The van der Waals surface area contributed by atoms with E-state index in [0.29, 0.717) is 19.6 Å². The smallest absolute Gasteiger partial charge is 0.308 e. The lowest BCUT2D eigenvalue weighted by atomic mass is 9.99. The first-order valence-corrected chi connectivity index (χ1v) is 9.13. The maximum Gasteiger partial charge on any atom is 0.308 e. The van der Waals surface area contributed by atoms with Crippen LogP contribution in [-0.4, -0.2) is 60.6 Å². The highest BCUT2D eigenvalue weighted by molar-refractivity contribution is 5.85. The molecule has 0 saturated carbocycles. The number of hydrogen-bond donors (Lipinski definition) is 1. The number of hydrogen-bond acceptors (Lipinski definition) is 4. The number of ether oxygens (including phenoxy) is 1. The van der Waals surface area contributed by atoms with Gasteiger partial charge in [-0.2, -0.15) is 0 Å². The van der Waals surface area contributed by atoms with E-state index in [1.807, 2.05) is 42.2 Å². The van der Waals surface area contributed by atoms with E-state index in [4.69, 9.17) is 4.74 Å². The second-order valence-electron chi connectivity index (χ2n) is 7.41. The predicted molar refractivity (Wildman–Crippen MR) is 104 cm³/mol. The van der Waals surface area contributed by atoms with Crippen LogP contribution in [-0.2, 0) is 16.1 Å². The highest BCUT2D eigenvalue weighted by Crippen LogP contribution is 2.24. The summed E-state index contributed by atoms with van der Waals surface area (Å²) in [5, 5.41) is 11.4. The molecule has 1 aliphatic heterocycles. The monoisotopic (exact) mass is 370 g/mol. The van der Waals surface area contributed by atoms with Gasteiger partial charge in [0.25, 0.3) is 0 Å². The summed E-state index contributed by atoms with van der Waals surface area (Å²) in [7, 11) is 3.44. The van der Waals surface area contributed by atoms with Crippen LogP contribution in [0.4, 0.5) is 0 Å². The number of benzene rings is 2. The molecule has 144 valence electrons. The van der Waals surface area contributed by atoms with Crippen LogP contribution in [0.2, 0.25) is 0 Å². The lowest BCUT2D eigenvalue weighted by molar-refractivity contribution is -0.142. The zero-order valence-electron chi connectivity index (χ0n) is 16.0. The van der Waals surface area contributed by atoms with Crippen molar-refractivity contribution in [3.8, 4) is 5.75 Å². The fourth-order valence-corrected chi connectivity index (χ4v) is 3.69. The molecule has 1 aliphatic rings. The van der Waals surface area contributed by atoms with E-state index in [1.54, 1.807) is 19.1 Å². The predicted octanol–water partition coefficient (Wildman–Crippen LogP) is 2.46. The maximum absolute atomic E-state index is 12.6. The Labute approximate surface area is 159 Å². The van der Waals surface area contributed by atoms with Crippen molar-refractivity contribution in [3.05, 3.63) is 42.0 Å². The number of fused-ring (bicyclic) bond motifs is 1. The number of carbonyl (C=O) groups excluding carboxylic acids is 1. The van der Waals surface area contributed by atoms with Gasteiger partial charge in [0.1, 0.15) is 5.75 Å². The minimum atomic E-state index is -0.779. The molecule has 0 unspecified atom stereocenters. The summed E-state index contributed by atoms with van der Waals surface area (Å²) in [6, 6.07) is 12.1. The third-order valence-corrected chi connectivity index (χ3v) is 5.32. The van der Waals surface area contributed by atoms with Crippen molar-refractivity contribution in [2.75, 3.05) is 33.8 Å². The first-order chi connectivity index (χ1) is 12.9. The van der Waals surface area contributed by atoms with Crippen molar-refractivity contribution >= 4 is 22.6 Å². The van der Waals surface area contributed by atoms with Gasteiger partial charge in [-0.05, 0) is 40.5 Å². The Bertz CT molecular complexity index is 851. The van der Waals surface area contributed by atoms with Crippen LogP contribution in [0.5, 0.6) is 5.75 Å². The molecule has 3 rings (SSSR count). The SMILES string of the molecule is COc1ccc2cc(CN(C)C(=O)CN3C[C@@H](C)[C@H](C(=O)O)C3)ccc2c1. The van der Waals surface area contributed by atoms with Crippen molar-refractivity contribution in [1.82, 2.24) is 9.80 Å². The van der Waals surface area contributed by atoms with E-state index < -0.39 is 5.97 Å². The number of carboxylic acids is 1. The molecular formula is C21H26N2O4. The molecule has 1 amide bonds. The molecule has 0 bridgehead atoms. The molecule has 2 aromatic rings. The molecule has 27 heavy (non-hydrogen) atoms. The minimum absolute atomic E-state index is 0.00284. The van der Waals surface area contributed by atoms with Gasteiger partial charge in [0.15, 0.2) is 0 Å². The normalized spacial score (nSPS) is 20.0. The van der Waals surface area contributed by atoms with Gasteiger partial charge in [-0.3, -0.25) is 14.5 Å². The van der Waals surface area contributed by atoms with Gasteiger partial charge < -0.3 is 14.7 Å². The lowest BCUT2D eigenvalue weighted by Gasteiger charge is -2.22. The van der Waals surface area contributed by atoms with Crippen LogP contribution in [0, 0.1) is 11.8 Å². The van der Waals surface area contributed by atoms with Crippen LogP contribution >= 0.6 is 0 Å². The molecule has 6 nitrogen and oxygen atoms in total. The second-order valence-corrected chi connectivity index (χ2v) is 7.41. The number of rotatable bonds is 6. The van der Waals surface area contributed by atoms with E-state index in [9.17, 15) is 14.7 Å². The molecule has 1 N–H and O–H groups in total. The van der Waals surface area contributed by atoms with Gasteiger partial charge in [0.2, 0.25) is 5.91 Å². The highest BCUT2D eigenvalue weighted by atomic mass is 16.5. The van der Waals surface area contributed by atoms with E-state index in [1.165, 1.54) is 0 Å². The number of methoxy groups -OCH3 is 1. The Morgan fingerprint density at radius 3 is 2.56 bits per heavy atom. The van der Waals surface area contributed by atoms with E-state index in [-0.39, 0.29) is 24.3 Å². The van der Waals surface area contributed by atoms with Crippen molar-refractivity contribution in [2.45, 2.75) is 13.5 Å². The van der Waals surface area contributed by atoms with Gasteiger partial charge in [0, 0.05) is 26.7 Å². The molecular weight excluding hydrogens is 344 g/mol. The number of carboxylic acid groups (broad SMARTS) is 1. The number of likely N-dealkylation sites (N-methyl/N-ethyl adjacent to an activating group) is 1. The van der Waals surface area contributed by atoms with Crippen molar-refractivity contribution < 1.29 is 19.4 Å². The largest absolute Gasteiger partial charge is 0.497 e. The quantitative estimate of drug-likeness (QED) is 0.846. The zero-order chi connectivity index (χ0) is 19.6. The average Bonchev–Trinajstić information content (AvgIpc) is 3.01. The van der Waals surface area contributed by atoms with E-state index in [2.05, 4.69) is 6.07 Å². The highest BCUT2D eigenvalue weighted by Gasteiger charge is 2.35. The molecule has 1 fully saturated rings. The summed E-state index contributed by atoms with van der Waals surface area (Å²) in [6.07, 6.45) is 0. The topological polar surface area (TPSA) is 70.1 Å². The summed E-state index contributed by atoms with van der Waals surface area (Å²) >= 11 is 0. The number of carbonyl (C=O) groups is 2. The first-order valence-electron chi connectivity index (χ1n) is 9.13. The number of likely N-dealkylation sites (tertiary alicyclic amines) is 1. The minimum Gasteiger partial charge on any atom is -0.497 e. The van der Waals surface area contributed by atoms with Gasteiger partial charge in [0.05, 0.1) is 19.6 Å². The maximum atomic E-state index is 12.6. The summed E-state index contributed by atoms with van der Waals surface area (Å²) in [5.74, 6) is -0.276. The standard InChI is InChI=1S/C21H26N2O4/c1-14-10-23(12-19(14)21(25)26)13-20(24)22(2)11-15-4-5-17-9-18(27-3)7-6-16(17)8-15/h4-9,14,19H,10-13H2,1-3H3,(H,25,26)/t14-,19-/m1/s1. The number of nitrogens with zero attached hydrogens (tertiary/aromatic N) is 2. The second kappa shape index (κ2) is 7.96. The molecule has 1 heterocycles. The van der Waals surface area contributed by atoms with Gasteiger partial charge in [-0.1, -0.05) is 25.1 Å². The number of aliphatic carboxylic acids is 1. The molecule has 0 spiro atoms. The van der Waals surface area contributed by atoms with Gasteiger partial charge in [-0.15, -0.1) is 0 Å². The summed E-state index contributed by atoms with van der Waals surface area (Å²) in [5.41, 5.74) is 1.06. The van der Waals surface area contributed by atoms with Crippen molar-refractivity contribution in [2.24, 2.45) is 11.8 Å². The van der Waals surface area contributed by atoms with E-state index in [0.717, 1.165) is 22.1 Å². The van der Waals surface area contributed by atoms with Crippen LogP contribution in [0.25, 0.3) is 10.8 Å². The van der Waals surface area contributed by atoms with Crippen molar-refractivity contribution in [1.29, 1.82) is 0 Å². The zero-order valence-corrected chi connectivity index (χ0v) is 16.0. The first kappa shape index (κ1) is 19.2. The third kappa shape index (κ3) is 4.39. The summed E-state index contributed by atoms with van der Waals surface area (Å²) in [6.45, 7) is 3.79. The Morgan fingerprint density at radius 1 is 1.19 bits per heavy atom. The third-order valence-electron chi connectivity index (χ3n) is 5.32. The van der Waals surface area contributed by atoms with Crippen LogP contribution in [0.15, 0.2) is 36.4 Å². The molecule has 6 heteroatoms. The fraction of sp³-hybridized carbons (Fsp3) is 0.429. The molecule has 0 radical (unpaired) electrons. The van der Waals surface area contributed by atoms with Crippen LogP contribution in [0.1, 0.15) is 12.5 Å². The summed E-state index contributed by atoms with van der Waals surface area (Å²) < 4.78 is 5.25. The molecule has 2 aromatic carbocycles. The molecule has 0 aromatic heterocycles. The Hall–Kier alpha value is -2.60. The van der Waals surface area contributed by atoms with Crippen LogP contribution < -0.4 is 4.74 Å². The Kier molecular flexibility index (Phi) is 5.65. The molecule has 0 aliphatic carbocycles. The van der Waals surface area contributed by atoms with Gasteiger partial charge >= 0.3 is 5.97 Å². The number of amides is 1. The molecule has 1 saturated heterocycles. The lowest BCUT2D eigenvalue weighted by Crippen LogP contribution is -2.37. The van der Waals surface area contributed by atoms with Gasteiger partial charge in [-0.25, -0.2) is 0 Å². The van der Waals surface area contributed by atoms with Crippen molar-refractivity contribution in [3.63, 3.8) is 0 Å². The van der Waals surface area contributed by atoms with E-state index >= 15 is 0 Å². The summed E-state index contributed by atoms with van der Waals surface area (Å²) in [4.78, 5) is 27.4. The Balaban J connectivity index is 1.61. The fourth-order valence-electron chi connectivity index (χ4n) is 3.69. The molecule has 2 atom stereocenters. The average molecular weight is 370 g/mol. The Morgan fingerprint density at radius 2 is 1.89 bits per heavy atom. The van der Waals surface area contributed by atoms with Crippen LogP contribution in [0.3, 0.4) is 0 Å².